The number of nitrogens with one attached hydrogen (secondary N) is 1. The monoisotopic (exact) mass is 248 g/mol. The van der Waals surface area contributed by atoms with Crippen LogP contribution in [0.25, 0.3) is 0 Å². The van der Waals surface area contributed by atoms with E-state index < -0.39 is 14.6 Å². The van der Waals surface area contributed by atoms with E-state index in [-0.39, 0.29) is 11.9 Å². The van der Waals surface area contributed by atoms with Gasteiger partial charge in [-0.05, 0) is 20.8 Å². The molecule has 0 aromatic carbocycles. The molecule has 1 aliphatic rings. The zero-order valence-corrected chi connectivity index (χ0v) is 11.1. The molecule has 0 bridgehead atoms. The van der Waals surface area contributed by atoms with Crippen molar-refractivity contribution >= 4 is 15.7 Å². The Morgan fingerprint density at radius 1 is 1.44 bits per heavy atom. The largest absolute Gasteiger partial charge is 0.339 e. The summed E-state index contributed by atoms with van der Waals surface area (Å²) in [5, 5.41) is 3.21. The highest BCUT2D eigenvalue weighted by atomic mass is 32.2. The predicted octanol–water partition coefficient (Wildman–Crippen LogP) is -0.370. The van der Waals surface area contributed by atoms with Crippen LogP contribution in [0.15, 0.2) is 0 Å². The summed E-state index contributed by atoms with van der Waals surface area (Å²) in [6.07, 6.45) is 1.11. The van der Waals surface area contributed by atoms with E-state index in [0.29, 0.717) is 19.6 Å². The quantitative estimate of drug-likeness (QED) is 0.724. The molecule has 0 aromatic heterocycles. The van der Waals surface area contributed by atoms with Crippen molar-refractivity contribution in [1.29, 1.82) is 0 Å². The van der Waals surface area contributed by atoms with Crippen LogP contribution in [0.5, 0.6) is 0 Å². The van der Waals surface area contributed by atoms with Crippen LogP contribution in [0.4, 0.5) is 0 Å². The molecule has 0 aliphatic carbocycles. The minimum absolute atomic E-state index is 0.216. The minimum Gasteiger partial charge on any atom is -0.339 e. The third-order valence-electron chi connectivity index (χ3n) is 3.10. The van der Waals surface area contributed by atoms with Crippen molar-refractivity contribution in [3.8, 4) is 0 Å². The lowest BCUT2D eigenvalue weighted by Gasteiger charge is -2.36. The number of rotatable bonds is 2. The van der Waals surface area contributed by atoms with Gasteiger partial charge in [0.25, 0.3) is 0 Å². The van der Waals surface area contributed by atoms with Crippen molar-refractivity contribution in [2.24, 2.45) is 0 Å². The molecule has 1 amide bonds. The number of nitrogens with zero attached hydrogens (tertiary/aromatic N) is 1. The number of hydrogen-bond acceptors (Lipinski definition) is 4. The summed E-state index contributed by atoms with van der Waals surface area (Å²) in [6.45, 7) is 6.77. The minimum atomic E-state index is -3.38. The highest BCUT2D eigenvalue weighted by Gasteiger charge is 2.41. The number of hydrogen-bond donors (Lipinski definition) is 1. The number of amides is 1. The molecule has 1 atom stereocenters. The molecule has 0 saturated carbocycles. The Hall–Kier alpha value is -0.620. The zero-order valence-electron chi connectivity index (χ0n) is 10.3. The standard InChI is InChI=1S/C10H20N2O3S/c1-8-7-12(6-5-11-8)9(13)10(2,3)16(4,14)15/h8,11H,5-7H2,1-4H3. The Kier molecular flexibility index (Phi) is 3.64. The van der Waals surface area contributed by atoms with Crippen LogP contribution >= 0.6 is 0 Å². The van der Waals surface area contributed by atoms with Crippen molar-refractivity contribution in [3.05, 3.63) is 0 Å². The van der Waals surface area contributed by atoms with Gasteiger partial charge in [-0.15, -0.1) is 0 Å². The van der Waals surface area contributed by atoms with Gasteiger partial charge in [0.1, 0.15) is 4.75 Å². The lowest BCUT2D eigenvalue weighted by molar-refractivity contribution is -0.134. The molecule has 1 saturated heterocycles. The summed E-state index contributed by atoms with van der Waals surface area (Å²) >= 11 is 0. The Balaban J connectivity index is 2.85. The van der Waals surface area contributed by atoms with Crippen LogP contribution in [-0.2, 0) is 14.6 Å². The van der Waals surface area contributed by atoms with Crippen LogP contribution in [-0.4, -0.2) is 55.9 Å². The first kappa shape index (κ1) is 13.4. The summed E-state index contributed by atoms with van der Waals surface area (Å²) in [4.78, 5) is 13.8. The first-order chi connectivity index (χ1) is 7.16. The fourth-order valence-electron chi connectivity index (χ4n) is 1.66. The first-order valence-corrected chi connectivity index (χ1v) is 7.28. The highest BCUT2D eigenvalue weighted by Crippen LogP contribution is 2.19. The molecule has 5 nitrogen and oxygen atoms in total. The van der Waals surface area contributed by atoms with Gasteiger partial charge in [0.2, 0.25) is 5.91 Å². The summed E-state index contributed by atoms with van der Waals surface area (Å²) in [7, 11) is -3.38. The second-order valence-corrected chi connectivity index (χ2v) is 7.45. The molecule has 0 spiro atoms. The molecule has 1 rings (SSSR count). The van der Waals surface area contributed by atoms with E-state index in [1.807, 2.05) is 6.92 Å². The van der Waals surface area contributed by atoms with Crippen LogP contribution in [0.2, 0.25) is 0 Å². The Morgan fingerprint density at radius 2 is 2.00 bits per heavy atom. The van der Waals surface area contributed by atoms with E-state index in [0.717, 1.165) is 6.26 Å². The normalized spacial score (nSPS) is 23.2. The predicted molar refractivity (Wildman–Crippen MR) is 63.0 cm³/mol. The molecule has 0 aromatic rings. The molecule has 94 valence electrons. The van der Waals surface area contributed by atoms with Crippen molar-refractivity contribution in [2.45, 2.75) is 31.6 Å². The lowest BCUT2D eigenvalue weighted by atomic mass is 10.1. The summed E-state index contributed by atoms with van der Waals surface area (Å²) < 4.78 is 21.8. The maximum Gasteiger partial charge on any atom is 0.243 e. The molecule has 1 fully saturated rings. The number of carbonyl (C=O) groups excluding carboxylic acids is 1. The Bertz CT molecular complexity index is 376. The van der Waals surface area contributed by atoms with Crippen LogP contribution in [0.3, 0.4) is 0 Å². The molecular formula is C10H20N2O3S. The maximum atomic E-state index is 12.1. The van der Waals surface area contributed by atoms with E-state index in [9.17, 15) is 13.2 Å². The van der Waals surface area contributed by atoms with E-state index >= 15 is 0 Å². The third-order valence-corrected chi connectivity index (χ3v) is 5.13. The van der Waals surface area contributed by atoms with Crippen LogP contribution < -0.4 is 5.32 Å². The number of carbonyl (C=O) groups is 1. The fourth-order valence-corrected chi connectivity index (χ4v) is 2.10. The molecule has 16 heavy (non-hydrogen) atoms. The van der Waals surface area contributed by atoms with Gasteiger partial charge in [-0.1, -0.05) is 0 Å². The second-order valence-electron chi connectivity index (χ2n) is 4.89. The van der Waals surface area contributed by atoms with Crippen molar-refractivity contribution < 1.29 is 13.2 Å². The van der Waals surface area contributed by atoms with Gasteiger partial charge in [-0.25, -0.2) is 8.42 Å². The zero-order chi connectivity index (χ0) is 12.6. The molecular weight excluding hydrogens is 228 g/mol. The molecule has 1 N–H and O–H groups in total. The summed E-state index contributed by atoms with van der Waals surface area (Å²) in [5.41, 5.74) is 0. The Labute approximate surface area is 97.1 Å². The molecule has 6 heteroatoms. The SMILES string of the molecule is CC1CN(C(=O)C(C)(C)S(C)(=O)=O)CCN1. The van der Waals surface area contributed by atoms with Gasteiger partial charge in [0.05, 0.1) is 0 Å². The number of piperazine rings is 1. The lowest BCUT2D eigenvalue weighted by Crippen LogP contribution is -2.57. The van der Waals surface area contributed by atoms with E-state index in [1.54, 1.807) is 4.90 Å². The van der Waals surface area contributed by atoms with Gasteiger partial charge in [-0.3, -0.25) is 4.79 Å². The van der Waals surface area contributed by atoms with Crippen LogP contribution in [0.1, 0.15) is 20.8 Å². The van der Waals surface area contributed by atoms with Crippen molar-refractivity contribution in [2.75, 3.05) is 25.9 Å². The average Bonchev–Trinajstić information content (AvgIpc) is 2.14. The second kappa shape index (κ2) is 4.33. The van der Waals surface area contributed by atoms with Crippen molar-refractivity contribution in [3.63, 3.8) is 0 Å². The smallest absolute Gasteiger partial charge is 0.243 e. The summed E-state index contributed by atoms with van der Waals surface area (Å²) in [6, 6.07) is 0.216. The van der Waals surface area contributed by atoms with Gasteiger partial charge >= 0.3 is 0 Å². The fraction of sp³-hybridized carbons (Fsp3) is 0.900. The van der Waals surface area contributed by atoms with Gasteiger partial charge in [-0.2, -0.15) is 0 Å². The topological polar surface area (TPSA) is 66.5 Å². The van der Waals surface area contributed by atoms with E-state index in [1.165, 1.54) is 13.8 Å². The van der Waals surface area contributed by atoms with E-state index in [2.05, 4.69) is 5.32 Å². The first-order valence-electron chi connectivity index (χ1n) is 5.38. The number of sulfone groups is 1. The van der Waals surface area contributed by atoms with E-state index in [4.69, 9.17) is 0 Å². The molecule has 1 aliphatic heterocycles. The molecule has 1 heterocycles. The molecule has 0 radical (unpaired) electrons. The summed E-state index contributed by atoms with van der Waals surface area (Å²) in [5.74, 6) is -0.302. The maximum absolute atomic E-state index is 12.1. The van der Waals surface area contributed by atoms with Gasteiger partial charge in [0, 0.05) is 31.9 Å². The molecule has 1 unspecified atom stereocenters. The van der Waals surface area contributed by atoms with Crippen molar-refractivity contribution in [1.82, 2.24) is 10.2 Å². The average molecular weight is 248 g/mol. The highest BCUT2D eigenvalue weighted by molar-refractivity contribution is 7.92. The third kappa shape index (κ3) is 2.55. The van der Waals surface area contributed by atoms with Crippen LogP contribution in [0, 0.1) is 0 Å². The van der Waals surface area contributed by atoms with Gasteiger partial charge < -0.3 is 10.2 Å². The van der Waals surface area contributed by atoms with Gasteiger partial charge in [0.15, 0.2) is 9.84 Å². The Morgan fingerprint density at radius 3 is 2.44 bits per heavy atom.